The first-order chi connectivity index (χ1) is 10.6. The molecule has 1 heterocycles. The molecular weight excluding hydrogens is 276 g/mol. The SMILES string of the molecule is Cc1cccc(OCCN(C)CC(=O)N2CCCCCC2)c1. The molecule has 2 rings (SSSR count). The van der Waals surface area contributed by atoms with E-state index in [2.05, 4.69) is 13.0 Å². The number of aryl methyl sites for hydroxylation is 1. The highest BCUT2D eigenvalue weighted by Gasteiger charge is 2.16. The van der Waals surface area contributed by atoms with Gasteiger partial charge in [-0.2, -0.15) is 0 Å². The number of likely N-dealkylation sites (N-methyl/N-ethyl adjacent to an activating group) is 1. The molecule has 0 bridgehead atoms. The van der Waals surface area contributed by atoms with Crippen LogP contribution in [0.25, 0.3) is 0 Å². The molecule has 0 N–H and O–H groups in total. The summed E-state index contributed by atoms with van der Waals surface area (Å²) in [4.78, 5) is 16.3. The van der Waals surface area contributed by atoms with E-state index in [1.165, 1.54) is 18.4 Å². The van der Waals surface area contributed by atoms with Gasteiger partial charge in [0.25, 0.3) is 0 Å². The zero-order chi connectivity index (χ0) is 15.8. The van der Waals surface area contributed by atoms with Crippen molar-refractivity contribution in [2.45, 2.75) is 32.6 Å². The zero-order valence-electron chi connectivity index (χ0n) is 13.9. The van der Waals surface area contributed by atoms with Crippen LogP contribution in [0.1, 0.15) is 31.2 Å². The van der Waals surface area contributed by atoms with Crippen LogP contribution in [-0.2, 0) is 4.79 Å². The van der Waals surface area contributed by atoms with Gasteiger partial charge in [0.15, 0.2) is 0 Å². The number of hydrogen-bond acceptors (Lipinski definition) is 3. The van der Waals surface area contributed by atoms with Crippen LogP contribution in [0, 0.1) is 6.92 Å². The topological polar surface area (TPSA) is 32.8 Å². The maximum atomic E-state index is 12.3. The Labute approximate surface area is 134 Å². The van der Waals surface area contributed by atoms with E-state index in [-0.39, 0.29) is 5.91 Å². The molecule has 0 aliphatic carbocycles. The summed E-state index contributed by atoms with van der Waals surface area (Å²) in [5.74, 6) is 1.15. The van der Waals surface area contributed by atoms with E-state index in [1.807, 2.05) is 35.0 Å². The van der Waals surface area contributed by atoms with Crippen LogP contribution in [-0.4, -0.2) is 55.5 Å². The molecule has 0 aromatic heterocycles. The monoisotopic (exact) mass is 304 g/mol. The quantitative estimate of drug-likeness (QED) is 0.810. The lowest BCUT2D eigenvalue weighted by atomic mass is 10.2. The van der Waals surface area contributed by atoms with Crippen LogP contribution in [0.2, 0.25) is 0 Å². The molecule has 0 atom stereocenters. The highest BCUT2D eigenvalue weighted by atomic mass is 16.5. The van der Waals surface area contributed by atoms with E-state index in [0.717, 1.165) is 38.2 Å². The molecule has 4 nitrogen and oxygen atoms in total. The number of amides is 1. The number of rotatable bonds is 6. The first-order valence-electron chi connectivity index (χ1n) is 8.31. The van der Waals surface area contributed by atoms with Gasteiger partial charge in [0.1, 0.15) is 12.4 Å². The van der Waals surface area contributed by atoms with Crippen molar-refractivity contribution in [3.05, 3.63) is 29.8 Å². The minimum absolute atomic E-state index is 0.250. The van der Waals surface area contributed by atoms with Crippen molar-refractivity contribution in [3.63, 3.8) is 0 Å². The number of carbonyl (C=O) groups is 1. The minimum atomic E-state index is 0.250. The molecule has 1 aliphatic heterocycles. The van der Waals surface area contributed by atoms with Crippen molar-refractivity contribution in [3.8, 4) is 5.75 Å². The normalized spacial score (nSPS) is 15.7. The van der Waals surface area contributed by atoms with Crippen molar-refractivity contribution in [1.29, 1.82) is 0 Å². The lowest BCUT2D eigenvalue weighted by Gasteiger charge is -2.24. The van der Waals surface area contributed by atoms with Crippen LogP contribution >= 0.6 is 0 Å². The van der Waals surface area contributed by atoms with Crippen LogP contribution in [0.5, 0.6) is 5.75 Å². The smallest absolute Gasteiger partial charge is 0.236 e. The van der Waals surface area contributed by atoms with E-state index in [9.17, 15) is 4.79 Å². The Morgan fingerprint density at radius 2 is 1.95 bits per heavy atom. The fourth-order valence-electron chi connectivity index (χ4n) is 2.75. The number of ether oxygens (including phenoxy) is 1. The molecule has 1 aromatic carbocycles. The van der Waals surface area contributed by atoms with Crippen molar-refractivity contribution in [2.75, 3.05) is 39.8 Å². The molecule has 1 saturated heterocycles. The second-order valence-corrected chi connectivity index (χ2v) is 6.20. The van der Waals surface area contributed by atoms with Gasteiger partial charge in [0, 0.05) is 19.6 Å². The second-order valence-electron chi connectivity index (χ2n) is 6.20. The Kier molecular flexibility index (Phi) is 6.72. The van der Waals surface area contributed by atoms with E-state index < -0.39 is 0 Å². The standard InChI is InChI=1S/C18H28N2O2/c1-16-8-7-9-17(14-16)22-13-12-19(2)15-18(21)20-10-5-3-4-6-11-20/h7-9,14H,3-6,10-13,15H2,1-2H3. The van der Waals surface area contributed by atoms with Crippen LogP contribution < -0.4 is 4.74 Å². The van der Waals surface area contributed by atoms with Gasteiger partial charge in [0.2, 0.25) is 5.91 Å². The predicted octanol–water partition coefficient (Wildman–Crippen LogP) is 2.71. The zero-order valence-corrected chi connectivity index (χ0v) is 13.9. The molecule has 1 aromatic rings. The number of nitrogens with zero attached hydrogens (tertiary/aromatic N) is 2. The van der Waals surface area contributed by atoms with Crippen LogP contribution in [0.4, 0.5) is 0 Å². The van der Waals surface area contributed by atoms with E-state index in [1.54, 1.807) is 0 Å². The Balaban J connectivity index is 1.68. The molecule has 22 heavy (non-hydrogen) atoms. The summed E-state index contributed by atoms with van der Waals surface area (Å²) in [7, 11) is 1.98. The van der Waals surface area contributed by atoms with E-state index in [0.29, 0.717) is 13.2 Å². The lowest BCUT2D eigenvalue weighted by molar-refractivity contribution is -0.132. The predicted molar refractivity (Wildman–Crippen MR) is 89.2 cm³/mol. The summed E-state index contributed by atoms with van der Waals surface area (Å²) in [6.07, 6.45) is 4.80. The summed E-state index contributed by atoms with van der Waals surface area (Å²) in [6, 6.07) is 8.05. The molecule has 4 heteroatoms. The first-order valence-corrected chi connectivity index (χ1v) is 8.31. The van der Waals surface area contributed by atoms with Crippen molar-refractivity contribution < 1.29 is 9.53 Å². The Hall–Kier alpha value is -1.55. The summed E-state index contributed by atoms with van der Waals surface area (Å²) in [6.45, 7) is 5.75. The van der Waals surface area contributed by atoms with Gasteiger partial charge < -0.3 is 9.64 Å². The summed E-state index contributed by atoms with van der Waals surface area (Å²) in [5, 5.41) is 0. The molecule has 0 unspecified atom stereocenters. The van der Waals surface area contributed by atoms with Crippen LogP contribution in [0.3, 0.4) is 0 Å². The molecule has 1 aliphatic rings. The van der Waals surface area contributed by atoms with Gasteiger partial charge in [-0.1, -0.05) is 25.0 Å². The number of likely N-dealkylation sites (tertiary alicyclic amines) is 1. The van der Waals surface area contributed by atoms with Gasteiger partial charge in [-0.3, -0.25) is 9.69 Å². The third kappa shape index (κ3) is 5.68. The maximum Gasteiger partial charge on any atom is 0.236 e. The highest BCUT2D eigenvalue weighted by Crippen LogP contribution is 2.12. The molecule has 0 saturated carbocycles. The Morgan fingerprint density at radius 1 is 1.23 bits per heavy atom. The highest BCUT2D eigenvalue weighted by molar-refractivity contribution is 5.78. The Bertz CT molecular complexity index is 468. The third-order valence-corrected chi connectivity index (χ3v) is 4.10. The van der Waals surface area contributed by atoms with Crippen molar-refractivity contribution in [2.24, 2.45) is 0 Å². The fraction of sp³-hybridized carbons (Fsp3) is 0.611. The molecule has 122 valence electrons. The van der Waals surface area contributed by atoms with Crippen LogP contribution in [0.15, 0.2) is 24.3 Å². The summed E-state index contributed by atoms with van der Waals surface area (Å²) in [5.41, 5.74) is 1.20. The fourth-order valence-corrected chi connectivity index (χ4v) is 2.75. The van der Waals surface area contributed by atoms with Gasteiger partial charge in [0.05, 0.1) is 6.54 Å². The first kappa shape index (κ1) is 16.8. The average Bonchev–Trinajstić information content (AvgIpc) is 2.76. The van der Waals surface area contributed by atoms with Gasteiger partial charge in [-0.05, 0) is 44.5 Å². The molecule has 0 radical (unpaired) electrons. The third-order valence-electron chi connectivity index (χ3n) is 4.10. The maximum absolute atomic E-state index is 12.3. The number of hydrogen-bond donors (Lipinski definition) is 0. The van der Waals surface area contributed by atoms with E-state index in [4.69, 9.17) is 4.74 Å². The van der Waals surface area contributed by atoms with E-state index >= 15 is 0 Å². The molecule has 1 amide bonds. The van der Waals surface area contributed by atoms with Gasteiger partial charge in [-0.15, -0.1) is 0 Å². The van der Waals surface area contributed by atoms with Crippen molar-refractivity contribution >= 4 is 5.91 Å². The number of carbonyl (C=O) groups excluding carboxylic acids is 1. The van der Waals surface area contributed by atoms with Gasteiger partial charge >= 0.3 is 0 Å². The molecular formula is C18H28N2O2. The lowest BCUT2D eigenvalue weighted by Crippen LogP contribution is -2.40. The Morgan fingerprint density at radius 3 is 2.64 bits per heavy atom. The average molecular weight is 304 g/mol. The molecule has 0 spiro atoms. The second kappa shape index (κ2) is 8.79. The molecule has 1 fully saturated rings. The van der Waals surface area contributed by atoms with Gasteiger partial charge in [-0.25, -0.2) is 0 Å². The van der Waals surface area contributed by atoms with Crippen molar-refractivity contribution in [1.82, 2.24) is 9.80 Å². The summed E-state index contributed by atoms with van der Waals surface area (Å²) < 4.78 is 5.74. The largest absolute Gasteiger partial charge is 0.492 e. The minimum Gasteiger partial charge on any atom is -0.492 e. The number of benzene rings is 1. The summed E-state index contributed by atoms with van der Waals surface area (Å²) >= 11 is 0.